The highest BCUT2D eigenvalue weighted by atomic mass is 16.5. The number of hydrogen-bond acceptors (Lipinski definition) is 5. The number of hydrogen-bond donors (Lipinski definition) is 1. The highest BCUT2D eigenvalue weighted by Crippen LogP contribution is 1.76. The Hall–Kier alpha value is -1.72. The maximum atomic E-state index is 9.94. The molecule has 0 aliphatic rings. The summed E-state index contributed by atoms with van der Waals surface area (Å²) < 4.78 is 4.02. The van der Waals surface area contributed by atoms with Gasteiger partial charge in [0.1, 0.15) is 0 Å². The summed E-state index contributed by atoms with van der Waals surface area (Å²) in [5, 5.41) is 7.83. The Bertz CT molecular complexity index is 216. The molecule has 1 N–H and O–H groups in total. The van der Waals surface area contributed by atoms with E-state index in [4.69, 9.17) is 5.11 Å². The third kappa shape index (κ3) is 8.38. The number of ketones is 2. The Morgan fingerprint density at radius 2 is 1.64 bits per heavy atom. The monoisotopic (exact) mass is 204 g/mol. The summed E-state index contributed by atoms with van der Waals surface area (Å²) >= 11 is 0. The maximum Gasteiger partial charge on any atom is 0.374 e. The van der Waals surface area contributed by atoms with Gasteiger partial charge >= 0.3 is 11.9 Å². The molecular weight excluding hydrogens is 192 g/mol. The Kier molecular flexibility index (Phi) is 8.35. The van der Waals surface area contributed by atoms with Crippen LogP contribution in [0.4, 0.5) is 0 Å². The van der Waals surface area contributed by atoms with Crippen LogP contribution in [0.2, 0.25) is 0 Å². The third-order valence-corrected chi connectivity index (χ3v) is 1.03. The van der Waals surface area contributed by atoms with Crippen molar-refractivity contribution >= 4 is 23.5 Å². The second-order valence-electron chi connectivity index (χ2n) is 2.13. The fourth-order valence-corrected chi connectivity index (χ4v) is 0.295. The molecule has 6 heteroatoms. The highest BCUT2D eigenvalue weighted by molar-refractivity contribution is 6.32. The van der Waals surface area contributed by atoms with E-state index in [0.717, 1.165) is 6.92 Å². The van der Waals surface area contributed by atoms with Crippen LogP contribution in [0.1, 0.15) is 20.3 Å². The molecule has 0 aliphatic heterocycles. The smallest absolute Gasteiger partial charge is 0.374 e. The van der Waals surface area contributed by atoms with Crippen LogP contribution < -0.4 is 0 Å². The first-order valence-electron chi connectivity index (χ1n) is 3.71. The summed E-state index contributed by atoms with van der Waals surface area (Å²) in [6, 6.07) is 0. The minimum absolute atomic E-state index is 0.0787. The fourth-order valence-electron chi connectivity index (χ4n) is 0.295. The van der Waals surface area contributed by atoms with Crippen LogP contribution >= 0.6 is 0 Å². The molecule has 0 aromatic heterocycles. The number of ether oxygens (including phenoxy) is 1. The van der Waals surface area contributed by atoms with Crippen molar-refractivity contribution in [1.29, 1.82) is 0 Å². The van der Waals surface area contributed by atoms with E-state index in [1.165, 1.54) is 14.0 Å². The molecule has 0 spiro atoms. The molecule has 0 aromatic carbocycles. The summed E-state index contributed by atoms with van der Waals surface area (Å²) in [7, 11) is 1.17. The van der Waals surface area contributed by atoms with Gasteiger partial charge < -0.3 is 9.84 Å². The zero-order chi connectivity index (χ0) is 11.7. The summed E-state index contributed by atoms with van der Waals surface area (Å²) in [4.78, 5) is 39.3. The van der Waals surface area contributed by atoms with Crippen molar-refractivity contribution in [3.8, 4) is 0 Å². The molecule has 14 heavy (non-hydrogen) atoms. The van der Waals surface area contributed by atoms with Gasteiger partial charge in [0, 0.05) is 13.3 Å². The number of carboxylic acids is 1. The molecule has 0 saturated heterocycles. The molecular formula is C8H12O6. The van der Waals surface area contributed by atoms with Gasteiger partial charge in [-0.2, -0.15) is 0 Å². The standard InChI is InChI=1S/2C4H6O3/c1-3(5)4(6)7-2;1-2-3(5)4(6)7/h1-2H3;2H2,1H3,(H,6,7). The second kappa shape index (κ2) is 7.90. The highest BCUT2D eigenvalue weighted by Gasteiger charge is 2.05. The lowest BCUT2D eigenvalue weighted by molar-refractivity contribution is -0.150. The lowest BCUT2D eigenvalue weighted by atomic mass is 10.3. The van der Waals surface area contributed by atoms with Gasteiger partial charge in [-0.25, -0.2) is 9.59 Å². The number of carbonyl (C=O) groups excluding carboxylic acids is 3. The molecule has 6 nitrogen and oxygen atoms in total. The molecule has 0 amide bonds. The number of methoxy groups -OCH3 is 1. The van der Waals surface area contributed by atoms with Crippen LogP contribution in [-0.2, 0) is 23.9 Å². The van der Waals surface area contributed by atoms with Crippen LogP contribution in [0, 0.1) is 0 Å². The van der Waals surface area contributed by atoms with Gasteiger partial charge in [-0.3, -0.25) is 9.59 Å². The van der Waals surface area contributed by atoms with Crippen LogP contribution in [-0.4, -0.2) is 35.7 Å². The molecule has 0 aromatic rings. The van der Waals surface area contributed by atoms with Gasteiger partial charge in [-0.05, 0) is 0 Å². The van der Waals surface area contributed by atoms with E-state index in [-0.39, 0.29) is 6.42 Å². The number of Topliss-reactive ketones (excluding diaryl/α,β-unsaturated/α-hetero) is 2. The fraction of sp³-hybridized carbons (Fsp3) is 0.500. The van der Waals surface area contributed by atoms with E-state index < -0.39 is 23.5 Å². The van der Waals surface area contributed by atoms with Crippen LogP contribution in [0.5, 0.6) is 0 Å². The van der Waals surface area contributed by atoms with Gasteiger partial charge in [0.15, 0.2) is 0 Å². The summed E-state index contributed by atoms with van der Waals surface area (Å²) in [5.41, 5.74) is 0. The molecule has 0 unspecified atom stereocenters. The van der Waals surface area contributed by atoms with Crippen molar-refractivity contribution in [2.24, 2.45) is 0 Å². The Balaban J connectivity index is 0. The first kappa shape index (κ1) is 14.8. The van der Waals surface area contributed by atoms with Crippen molar-refractivity contribution in [3.05, 3.63) is 0 Å². The van der Waals surface area contributed by atoms with E-state index in [9.17, 15) is 19.2 Å². The van der Waals surface area contributed by atoms with E-state index in [2.05, 4.69) is 4.74 Å². The Morgan fingerprint density at radius 1 is 1.21 bits per heavy atom. The Labute approximate surface area is 80.9 Å². The Morgan fingerprint density at radius 3 is 1.64 bits per heavy atom. The largest absolute Gasteiger partial charge is 0.476 e. The van der Waals surface area contributed by atoms with Crippen molar-refractivity contribution < 1.29 is 29.0 Å². The number of aliphatic carboxylic acids is 1. The van der Waals surface area contributed by atoms with Gasteiger partial charge in [-0.15, -0.1) is 0 Å². The van der Waals surface area contributed by atoms with Crippen molar-refractivity contribution in [1.82, 2.24) is 0 Å². The predicted octanol–water partition coefficient (Wildman–Crippen LogP) is -0.202. The average Bonchev–Trinajstić information content (AvgIpc) is 2.15. The molecule has 0 bridgehead atoms. The van der Waals surface area contributed by atoms with Crippen LogP contribution in [0.25, 0.3) is 0 Å². The normalized spacial score (nSPS) is 7.93. The second-order valence-corrected chi connectivity index (χ2v) is 2.13. The molecule has 80 valence electrons. The summed E-state index contributed by atoms with van der Waals surface area (Å²) in [5.74, 6) is -3.44. The van der Waals surface area contributed by atoms with E-state index in [0.29, 0.717) is 0 Å². The molecule has 0 aliphatic carbocycles. The topological polar surface area (TPSA) is 97.7 Å². The number of esters is 1. The van der Waals surface area contributed by atoms with Crippen LogP contribution in [0.3, 0.4) is 0 Å². The van der Waals surface area contributed by atoms with Crippen molar-refractivity contribution in [2.75, 3.05) is 7.11 Å². The zero-order valence-electron chi connectivity index (χ0n) is 8.20. The quantitative estimate of drug-likeness (QED) is 0.505. The molecule has 0 heterocycles. The van der Waals surface area contributed by atoms with Gasteiger partial charge in [0.2, 0.25) is 11.6 Å². The van der Waals surface area contributed by atoms with Gasteiger partial charge in [0.25, 0.3) is 0 Å². The zero-order valence-corrected chi connectivity index (χ0v) is 8.20. The van der Waals surface area contributed by atoms with E-state index in [1.807, 2.05) is 0 Å². The number of rotatable bonds is 3. The SMILES string of the molecule is CCC(=O)C(=O)O.COC(=O)C(C)=O. The molecule has 0 radical (unpaired) electrons. The van der Waals surface area contributed by atoms with Gasteiger partial charge in [-0.1, -0.05) is 6.92 Å². The maximum absolute atomic E-state index is 9.94. The molecule has 0 atom stereocenters. The number of carbonyl (C=O) groups is 4. The average molecular weight is 204 g/mol. The van der Waals surface area contributed by atoms with Gasteiger partial charge in [0.05, 0.1) is 7.11 Å². The summed E-state index contributed by atoms with van der Waals surface area (Å²) in [6.45, 7) is 2.67. The lowest BCUT2D eigenvalue weighted by Gasteiger charge is -1.86. The predicted molar refractivity (Wildman–Crippen MR) is 45.6 cm³/mol. The molecule has 0 fully saturated rings. The molecule has 0 rings (SSSR count). The van der Waals surface area contributed by atoms with Crippen molar-refractivity contribution in [3.63, 3.8) is 0 Å². The van der Waals surface area contributed by atoms with E-state index >= 15 is 0 Å². The minimum atomic E-state index is -1.34. The number of carboxylic acid groups (broad SMARTS) is 1. The van der Waals surface area contributed by atoms with Crippen LogP contribution in [0.15, 0.2) is 0 Å². The third-order valence-electron chi connectivity index (χ3n) is 1.03. The molecule has 0 saturated carbocycles. The lowest BCUT2D eigenvalue weighted by Crippen LogP contribution is -2.10. The summed E-state index contributed by atoms with van der Waals surface area (Å²) in [6.07, 6.45) is 0.0787. The van der Waals surface area contributed by atoms with E-state index in [1.54, 1.807) is 0 Å². The first-order chi connectivity index (χ1) is 6.36. The first-order valence-corrected chi connectivity index (χ1v) is 3.71. The van der Waals surface area contributed by atoms with Crippen molar-refractivity contribution in [2.45, 2.75) is 20.3 Å². The minimum Gasteiger partial charge on any atom is -0.476 e.